The van der Waals surface area contributed by atoms with Crippen LogP contribution in [-0.4, -0.2) is 24.4 Å². The van der Waals surface area contributed by atoms with Crippen LogP contribution in [0.2, 0.25) is 0 Å². The van der Waals surface area contributed by atoms with E-state index in [0.717, 1.165) is 19.3 Å². The third kappa shape index (κ3) is 3.34. The van der Waals surface area contributed by atoms with Gasteiger partial charge in [0.2, 0.25) is 0 Å². The number of ether oxygens (including phenoxy) is 1. The number of anilines is 1. The molecule has 0 bridgehead atoms. The fraction of sp³-hybridized carbons (Fsp3) is 0.538. The van der Waals surface area contributed by atoms with Crippen LogP contribution >= 0.6 is 0 Å². The summed E-state index contributed by atoms with van der Waals surface area (Å²) in [6.45, 7) is 0. The number of hydrogen-bond acceptors (Lipinski definition) is 4. The van der Waals surface area contributed by atoms with E-state index in [-0.39, 0.29) is 18.0 Å². The molecule has 0 saturated heterocycles. The highest BCUT2D eigenvalue weighted by Gasteiger charge is 2.22. The summed E-state index contributed by atoms with van der Waals surface area (Å²) in [5.41, 5.74) is 3.23. The molecule has 0 heterocycles. The monoisotopic (exact) mass is 255 g/mol. The quantitative estimate of drug-likeness (QED) is 0.812. The maximum absolute atomic E-state index is 13.2. The molecule has 2 rings (SSSR count). The van der Waals surface area contributed by atoms with Crippen molar-refractivity contribution in [2.75, 3.05) is 12.6 Å². The summed E-state index contributed by atoms with van der Waals surface area (Å²) in [5.74, 6) is 0.0546. The van der Waals surface area contributed by atoms with Crippen molar-refractivity contribution in [1.29, 1.82) is 0 Å². The van der Waals surface area contributed by atoms with E-state index in [2.05, 4.69) is 5.48 Å². The molecular formula is C13H18FNO3. The molecule has 2 N–H and O–H groups in total. The van der Waals surface area contributed by atoms with Crippen LogP contribution in [0.3, 0.4) is 0 Å². The second-order valence-electron chi connectivity index (χ2n) is 4.51. The van der Waals surface area contributed by atoms with Crippen molar-refractivity contribution in [2.45, 2.75) is 37.9 Å². The van der Waals surface area contributed by atoms with Gasteiger partial charge in [0, 0.05) is 12.5 Å². The van der Waals surface area contributed by atoms with Crippen LogP contribution in [0.25, 0.3) is 0 Å². The Balaban J connectivity index is 2.08. The summed E-state index contributed by atoms with van der Waals surface area (Å²) in [6, 6.07) is 4.22. The van der Waals surface area contributed by atoms with Gasteiger partial charge in [-0.05, 0) is 31.4 Å². The predicted molar refractivity (Wildman–Crippen MR) is 65.9 cm³/mol. The molecule has 1 saturated carbocycles. The largest absolute Gasteiger partial charge is 0.488 e. The van der Waals surface area contributed by atoms with Crippen molar-refractivity contribution in [3.63, 3.8) is 0 Å². The highest BCUT2D eigenvalue weighted by atomic mass is 19.1. The molecule has 1 aromatic carbocycles. The molecule has 1 aromatic rings. The highest BCUT2D eigenvalue weighted by Crippen LogP contribution is 2.30. The Morgan fingerprint density at radius 3 is 2.94 bits per heavy atom. The summed E-state index contributed by atoms with van der Waals surface area (Å²) in [6.07, 6.45) is 2.80. The molecule has 18 heavy (non-hydrogen) atoms. The zero-order valence-electron chi connectivity index (χ0n) is 10.4. The summed E-state index contributed by atoms with van der Waals surface area (Å²) >= 11 is 0. The Morgan fingerprint density at radius 2 is 2.22 bits per heavy atom. The standard InChI is InChI=1S/C13H18FNO3/c1-17-15-12-6-5-9(14)7-13(12)18-11-4-2-3-10(16)8-11/h5-7,10-11,15-16H,2-4,8H2,1H3. The van der Waals surface area contributed by atoms with E-state index in [1.807, 2.05) is 0 Å². The predicted octanol–water partition coefficient (Wildman–Crippen LogP) is 2.48. The summed E-state index contributed by atoms with van der Waals surface area (Å²) in [5, 5.41) is 9.59. The van der Waals surface area contributed by atoms with Crippen molar-refractivity contribution < 1.29 is 19.1 Å². The minimum absolute atomic E-state index is 0.0760. The average molecular weight is 255 g/mol. The lowest BCUT2D eigenvalue weighted by Gasteiger charge is -2.27. The highest BCUT2D eigenvalue weighted by molar-refractivity contribution is 5.55. The van der Waals surface area contributed by atoms with Crippen molar-refractivity contribution in [3.05, 3.63) is 24.0 Å². The molecule has 1 fully saturated rings. The van der Waals surface area contributed by atoms with Gasteiger partial charge >= 0.3 is 0 Å². The minimum Gasteiger partial charge on any atom is -0.488 e. The number of benzene rings is 1. The smallest absolute Gasteiger partial charge is 0.148 e. The normalized spacial score (nSPS) is 23.7. The van der Waals surface area contributed by atoms with Crippen LogP contribution in [0.15, 0.2) is 18.2 Å². The molecule has 1 aliphatic rings. The third-order valence-electron chi connectivity index (χ3n) is 3.05. The van der Waals surface area contributed by atoms with Gasteiger partial charge in [-0.3, -0.25) is 10.3 Å². The van der Waals surface area contributed by atoms with Crippen molar-refractivity contribution in [2.24, 2.45) is 0 Å². The first-order valence-corrected chi connectivity index (χ1v) is 6.12. The number of aliphatic hydroxyl groups excluding tert-OH is 1. The lowest BCUT2D eigenvalue weighted by Crippen LogP contribution is -2.28. The minimum atomic E-state index is -0.358. The molecule has 0 aromatic heterocycles. The maximum atomic E-state index is 13.2. The number of nitrogens with one attached hydrogen (secondary N) is 1. The molecule has 5 heteroatoms. The van der Waals surface area contributed by atoms with Gasteiger partial charge in [-0.1, -0.05) is 0 Å². The molecule has 0 spiro atoms. The van der Waals surface area contributed by atoms with E-state index >= 15 is 0 Å². The lowest BCUT2D eigenvalue weighted by atomic mass is 9.95. The Hall–Kier alpha value is -1.33. The second kappa shape index (κ2) is 6.02. The van der Waals surface area contributed by atoms with E-state index in [1.54, 1.807) is 6.07 Å². The van der Waals surface area contributed by atoms with Crippen LogP contribution in [0, 0.1) is 5.82 Å². The zero-order valence-corrected chi connectivity index (χ0v) is 10.4. The first kappa shape index (κ1) is 13.1. The molecule has 0 amide bonds. The van der Waals surface area contributed by atoms with Crippen molar-refractivity contribution >= 4 is 5.69 Å². The lowest BCUT2D eigenvalue weighted by molar-refractivity contribution is 0.0535. The number of hydrogen-bond donors (Lipinski definition) is 2. The molecule has 2 unspecified atom stereocenters. The Bertz CT molecular complexity index is 400. The van der Waals surface area contributed by atoms with Gasteiger partial charge in [-0.25, -0.2) is 4.39 Å². The topological polar surface area (TPSA) is 50.7 Å². The van der Waals surface area contributed by atoms with Crippen molar-refractivity contribution in [3.8, 4) is 5.75 Å². The van der Waals surface area contributed by atoms with Crippen LogP contribution in [0.5, 0.6) is 5.75 Å². The SMILES string of the molecule is CONc1ccc(F)cc1OC1CCCC(O)C1. The van der Waals surface area contributed by atoms with E-state index in [9.17, 15) is 9.50 Å². The molecule has 4 nitrogen and oxygen atoms in total. The Kier molecular flexibility index (Phi) is 4.38. The Morgan fingerprint density at radius 1 is 1.39 bits per heavy atom. The van der Waals surface area contributed by atoms with E-state index in [0.29, 0.717) is 17.9 Å². The summed E-state index contributed by atoms with van der Waals surface area (Å²) < 4.78 is 19.0. The molecule has 0 radical (unpaired) electrons. The maximum Gasteiger partial charge on any atom is 0.148 e. The molecule has 2 atom stereocenters. The van der Waals surface area contributed by atoms with E-state index < -0.39 is 0 Å². The Labute approximate surface area is 106 Å². The first-order chi connectivity index (χ1) is 8.69. The third-order valence-corrected chi connectivity index (χ3v) is 3.05. The number of rotatable bonds is 4. The van der Waals surface area contributed by atoms with Crippen molar-refractivity contribution in [1.82, 2.24) is 0 Å². The van der Waals surface area contributed by atoms with E-state index in [4.69, 9.17) is 9.57 Å². The zero-order chi connectivity index (χ0) is 13.0. The molecule has 100 valence electrons. The van der Waals surface area contributed by atoms with Gasteiger partial charge in [-0.2, -0.15) is 0 Å². The molecule has 1 aliphatic carbocycles. The second-order valence-corrected chi connectivity index (χ2v) is 4.51. The van der Waals surface area contributed by atoms with Gasteiger partial charge in [0.05, 0.1) is 13.2 Å². The number of aliphatic hydroxyl groups is 1. The van der Waals surface area contributed by atoms with Gasteiger partial charge in [0.15, 0.2) is 0 Å². The first-order valence-electron chi connectivity index (χ1n) is 6.12. The van der Waals surface area contributed by atoms with Gasteiger partial charge in [0.25, 0.3) is 0 Å². The molecular weight excluding hydrogens is 237 g/mol. The van der Waals surface area contributed by atoms with E-state index in [1.165, 1.54) is 19.2 Å². The van der Waals surface area contributed by atoms with Gasteiger partial charge in [0.1, 0.15) is 23.4 Å². The van der Waals surface area contributed by atoms with Crippen LogP contribution in [-0.2, 0) is 4.84 Å². The fourth-order valence-electron chi connectivity index (χ4n) is 2.19. The number of halogens is 1. The summed E-state index contributed by atoms with van der Waals surface area (Å²) in [7, 11) is 1.48. The fourth-order valence-corrected chi connectivity index (χ4v) is 2.19. The molecule has 0 aliphatic heterocycles. The van der Waals surface area contributed by atoms with Gasteiger partial charge < -0.3 is 9.84 Å². The van der Waals surface area contributed by atoms with Crippen LogP contribution in [0.1, 0.15) is 25.7 Å². The van der Waals surface area contributed by atoms with Crippen LogP contribution in [0.4, 0.5) is 10.1 Å². The average Bonchev–Trinajstić information content (AvgIpc) is 2.33. The van der Waals surface area contributed by atoms with Gasteiger partial charge in [-0.15, -0.1) is 0 Å². The summed E-state index contributed by atoms with van der Waals surface area (Å²) in [4.78, 5) is 4.82. The van der Waals surface area contributed by atoms with Crippen LogP contribution < -0.4 is 10.2 Å².